The third-order valence-electron chi connectivity index (χ3n) is 4.84. The molecule has 1 fully saturated rings. The molecule has 0 radical (unpaired) electrons. The Balaban J connectivity index is 1.92. The molecule has 0 atom stereocenters. The fourth-order valence-corrected chi connectivity index (χ4v) is 4.96. The van der Waals surface area contributed by atoms with Gasteiger partial charge in [-0.3, -0.25) is 9.10 Å². The lowest BCUT2D eigenvalue weighted by atomic mass is 9.99. The first-order valence-electron chi connectivity index (χ1n) is 8.99. The summed E-state index contributed by atoms with van der Waals surface area (Å²) in [7, 11) is -3.85. The summed E-state index contributed by atoms with van der Waals surface area (Å²) in [5.74, 6) is 0.435. The van der Waals surface area contributed by atoms with E-state index in [1.165, 1.54) is 4.31 Å². The minimum Gasteiger partial charge on any atom is -0.341 e. The van der Waals surface area contributed by atoms with Crippen LogP contribution in [0.1, 0.15) is 19.8 Å². The SMILES string of the molecule is CC1CCN(C(=O)CN(c2cccc(Br)c2)S(=O)(=O)c2ccccc2)CC1. The highest BCUT2D eigenvalue weighted by Crippen LogP contribution is 2.27. The molecule has 0 spiro atoms. The summed E-state index contributed by atoms with van der Waals surface area (Å²) < 4.78 is 28.5. The fraction of sp³-hybridized carbons (Fsp3) is 0.350. The van der Waals surface area contributed by atoms with E-state index in [9.17, 15) is 13.2 Å². The molecule has 0 aromatic heterocycles. The summed E-state index contributed by atoms with van der Waals surface area (Å²) in [6, 6.07) is 15.2. The van der Waals surface area contributed by atoms with E-state index in [0.29, 0.717) is 24.7 Å². The van der Waals surface area contributed by atoms with Crippen molar-refractivity contribution in [2.75, 3.05) is 23.9 Å². The standard InChI is InChI=1S/C20H23BrN2O3S/c1-16-10-12-22(13-11-16)20(24)15-23(18-7-5-6-17(21)14-18)27(25,26)19-8-3-2-4-9-19/h2-9,14,16H,10-13,15H2,1H3. The monoisotopic (exact) mass is 450 g/mol. The maximum Gasteiger partial charge on any atom is 0.264 e. The molecule has 1 heterocycles. The zero-order valence-electron chi connectivity index (χ0n) is 15.2. The Morgan fingerprint density at radius 3 is 2.41 bits per heavy atom. The maximum absolute atomic E-state index is 13.3. The number of hydrogen-bond acceptors (Lipinski definition) is 3. The Kier molecular flexibility index (Phi) is 6.22. The number of benzene rings is 2. The number of carbonyl (C=O) groups excluding carboxylic acids is 1. The van der Waals surface area contributed by atoms with Gasteiger partial charge in [-0.2, -0.15) is 0 Å². The number of anilines is 1. The van der Waals surface area contributed by atoms with E-state index >= 15 is 0 Å². The number of halogens is 1. The first-order valence-corrected chi connectivity index (χ1v) is 11.2. The molecule has 2 aromatic carbocycles. The molecule has 1 aliphatic heterocycles. The Bertz CT molecular complexity index is 894. The quantitative estimate of drug-likeness (QED) is 0.693. The van der Waals surface area contributed by atoms with Crippen LogP contribution < -0.4 is 4.31 Å². The van der Waals surface area contributed by atoms with Crippen LogP contribution in [0.15, 0.2) is 64.0 Å². The van der Waals surface area contributed by atoms with Gasteiger partial charge in [0, 0.05) is 17.6 Å². The molecule has 7 heteroatoms. The summed E-state index contributed by atoms with van der Waals surface area (Å²) in [4.78, 5) is 14.8. The first-order chi connectivity index (χ1) is 12.9. The van der Waals surface area contributed by atoms with Crippen molar-refractivity contribution in [3.05, 3.63) is 59.1 Å². The van der Waals surface area contributed by atoms with E-state index < -0.39 is 10.0 Å². The molecule has 144 valence electrons. The first kappa shape index (κ1) is 19.9. The van der Waals surface area contributed by atoms with Gasteiger partial charge in [-0.15, -0.1) is 0 Å². The number of rotatable bonds is 5. The van der Waals surface area contributed by atoms with Crippen molar-refractivity contribution in [1.82, 2.24) is 4.90 Å². The van der Waals surface area contributed by atoms with Gasteiger partial charge in [-0.05, 0) is 49.1 Å². The van der Waals surface area contributed by atoms with Gasteiger partial charge in [0.2, 0.25) is 5.91 Å². The van der Waals surface area contributed by atoms with Crippen molar-refractivity contribution >= 4 is 37.5 Å². The molecule has 0 bridgehead atoms. The Labute approximate surface area is 169 Å². The van der Waals surface area contributed by atoms with Crippen LogP contribution in [-0.4, -0.2) is 38.9 Å². The molecule has 3 rings (SSSR count). The average molecular weight is 451 g/mol. The van der Waals surface area contributed by atoms with Crippen LogP contribution in [-0.2, 0) is 14.8 Å². The van der Waals surface area contributed by atoms with Gasteiger partial charge in [0.25, 0.3) is 10.0 Å². The van der Waals surface area contributed by atoms with Crippen LogP contribution in [0.3, 0.4) is 0 Å². The lowest BCUT2D eigenvalue weighted by Gasteiger charge is -2.32. The van der Waals surface area contributed by atoms with Gasteiger partial charge >= 0.3 is 0 Å². The predicted octanol–water partition coefficient (Wildman–Crippen LogP) is 3.90. The molecule has 0 N–H and O–H groups in total. The van der Waals surface area contributed by atoms with Crippen molar-refractivity contribution in [2.45, 2.75) is 24.7 Å². The van der Waals surface area contributed by atoms with Gasteiger partial charge in [0.1, 0.15) is 6.54 Å². The van der Waals surface area contributed by atoms with Gasteiger partial charge < -0.3 is 4.90 Å². The van der Waals surface area contributed by atoms with E-state index in [4.69, 9.17) is 0 Å². The highest BCUT2D eigenvalue weighted by Gasteiger charge is 2.30. The third kappa shape index (κ3) is 4.71. The summed E-state index contributed by atoms with van der Waals surface area (Å²) in [6.07, 6.45) is 1.90. The smallest absolute Gasteiger partial charge is 0.264 e. The molecule has 0 saturated carbocycles. The van der Waals surface area contributed by atoms with E-state index in [-0.39, 0.29) is 17.3 Å². The van der Waals surface area contributed by atoms with E-state index in [0.717, 1.165) is 17.3 Å². The second-order valence-corrected chi connectivity index (χ2v) is 9.65. The van der Waals surface area contributed by atoms with E-state index in [1.54, 1.807) is 53.4 Å². The van der Waals surface area contributed by atoms with Gasteiger partial charge in [0.15, 0.2) is 0 Å². The largest absolute Gasteiger partial charge is 0.341 e. The van der Waals surface area contributed by atoms with Crippen LogP contribution in [0.25, 0.3) is 0 Å². The van der Waals surface area contributed by atoms with Gasteiger partial charge in [-0.25, -0.2) is 8.42 Å². The lowest BCUT2D eigenvalue weighted by molar-refractivity contribution is -0.130. The number of carbonyl (C=O) groups is 1. The minimum absolute atomic E-state index is 0.165. The minimum atomic E-state index is -3.85. The Hall–Kier alpha value is -1.86. The number of sulfonamides is 1. The number of amides is 1. The Morgan fingerprint density at radius 1 is 1.11 bits per heavy atom. The number of nitrogens with zero attached hydrogens (tertiary/aromatic N) is 2. The highest BCUT2D eigenvalue weighted by atomic mass is 79.9. The van der Waals surface area contributed by atoms with Gasteiger partial charge in [-0.1, -0.05) is 47.1 Å². The summed E-state index contributed by atoms with van der Waals surface area (Å²) in [6.45, 7) is 3.33. The van der Waals surface area contributed by atoms with Crippen molar-refractivity contribution in [3.63, 3.8) is 0 Å². The van der Waals surface area contributed by atoms with Crippen LogP contribution in [0.4, 0.5) is 5.69 Å². The van der Waals surface area contributed by atoms with E-state index in [1.807, 2.05) is 6.07 Å². The molecule has 0 aliphatic carbocycles. The zero-order chi connectivity index (χ0) is 19.4. The lowest BCUT2D eigenvalue weighted by Crippen LogP contribution is -2.45. The zero-order valence-corrected chi connectivity index (χ0v) is 17.6. The third-order valence-corrected chi connectivity index (χ3v) is 7.12. The molecule has 5 nitrogen and oxygen atoms in total. The Morgan fingerprint density at radius 2 is 1.78 bits per heavy atom. The molecule has 1 aliphatic rings. The average Bonchev–Trinajstić information content (AvgIpc) is 2.67. The number of hydrogen-bond donors (Lipinski definition) is 0. The molecule has 1 saturated heterocycles. The molecule has 27 heavy (non-hydrogen) atoms. The topological polar surface area (TPSA) is 57.7 Å². The fourth-order valence-electron chi connectivity index (χ4n) is 3.15. The van der Waals surface area contributed by atoms with Crippen molar-refractivity contribution < 1.29 is 13.2 Å². The maximum atomic E-state index is 13.3. The predicted molar refractivity (Wildman–Crippen MR) is 110 cm³/mol. The van der Waals surface area contributed by atoms with Crippen LogP contribution in [0.5, 0.6) is 0 Å². The van der Waals surface area contributed by atoms with Crippen molar-refractivity contribution in [2.24, 2.45) is 5.92 Å². The normalized spacial score (nSPS) is 15.6. The molecule has 1 amide bonds. The molecular weight excluding hydrogens is 428 g/mol. The van der Waals surface area contributed by atoms with Crippen LogP contribution in [0, 0.1) is 5.92 Å². The van der Waals surface area contributed by atoms with Crippen molar-refractivity contribution in [3.8, 4) is 0 Å². The molecular formula is C20H23BrN2O3S. The highest BCUT2D eigenvalue weighted by molar-refractivity contribution is 9.10. The van der Waals surface area contributed by atoms with Crippen LogP contribution in [0.2, 0.25) is 0 Å². The molecule has 2 aromatic rings. The number of piperidine rings is 1. The second kappa shape index (κ2) is 8.44. The summed E-state index contributed by atoms with van der Waals surface area (Å²) in [5.41, 5.74) is 0.465. The van der Waals surface area contributed by atoms with Gasteiger partial charge in [0.05, 0.1) is 10.6 Å². The summed E-state index contributed by atoms with van der Waals surface area (Å²) in [5, 5.41) is 0. The number of likely N-dealkylation sites (tertiary alicyclic amines) is 1. The second-order valence-electron chi connectivity index (χ2n) is 6.87. The molecule has 0 unspecified atom stereocenters. The van der Waals surface area contributed by atoms with Crippen LogP contribution >= 0.6 is 15.9 Å². The summed E-state index contributed by atoms with van der Waals surface area (Å²) >= 11 is 3.39. The van der Waals surface area contributed by atoms with E-state index in [2.05, 4.69) is 22.9 Å². The van der Waals surface area contributed by atoms with Crippen molar-refractivity contribution in [1.29, 1.82) is 0 Å².